The highest BCUT2D eigenvalue weighted by atomic mass is 35.5. The molecule has 1 heterocycles. The molecular weight excluding hydrogens is 465 g/mol. The molecule has 3 rings (SSSR count). The molecule has 1 aromatic rings. The van der Waals surface area contributed by atoms with Gasteiger partial charge in [0.15, 0.2) is 0 Å². The van der Waals surface area contributed by atoms with Crippen LogP contribution in [-0.2, 0) is 14.3 Å². The van der Waals surface area contributed by atoms with Gasteiger partial charge >= 0.3 is 5.97 Å². The average molecular weight is 486 g/mol. The van der Waals surface area contributed by atoms with Crippen LogP contribution in [0, 0.1) is 17.3 Å². The Morgan fingerprint density at radius 3 is 2.57 bits per heavy atom. The SMILES string of the molecule is COCCN1C(=O)/C(=C/c2ccc(OC(=O)[C@H]3[C@H](C=C(Cl)Cl)C3(C)C)cc2)SC1=S. The third-order valence-electron chi connectivity index (χ3n) is 5.26. The summed E-state index contributed by atoms with van der Waals surface area (Å²) in [4.78, 5) is 27.1. The van der Waals surface area contributed by atoms with E-state index in [1.807, 2.05) is 13.8 Å². The first-order valence-corrected chi connectivity index (χ1v) is 11.2. The number of esters is 1. The number of hydrogen-bond donors (Lipinski definition) is 0. The van der Waals surface area contributed by atoms with Gasteiger partial charge in [0.1, 0.15) is 14.6 Å². The smallest absolute Gasteiger partial charge is 0.315 e. The number of methoxy groups -OCH3 is 1. The fourth-order valence-electron chi connectivity index (χ4n) is 3.41. The van der Waals surface area contributed by atoms with Crippen molar-refractivity contribution < 1.29 is 19.1 Å². The van der Waals surface area contributed by atoms with Crippen LogP contribution >= 0.6 is 47.2 Å². The Labute approximate surface area is 195 Å². The molecule has 0 spiro atoms. The van der Waals surface area contributed by atoms with Crippen molar-refractivity contribution in [1.29, 1.82) is 0 Å². The minimum atomic E-state index is -0.317. The maximum absolute atomic E-state index is 12.5. The summed E-state index contributed by atoms with van der Waals surface area (Å²) in [5.41, 5.74) is 0.562. The molecule has 2 aliphatic rings. The van der Waals surface area contributed by atoms with E-state index in [4.69, 9.17) is 44.9 Å². The number of carbonyl (C=O) groups is 2. The highest BCUT2D eigenvalue weighted by Gasteiger charge is 2.61. The van der Waals surface area contributed by atoms with Gasteiger partial charge in [0, 0.05) is 7.11 Å². The fourth-order valence-corrected chi connectivity index (χ4v) is 4.99. The van der Waals surface area contributed by atoms with E-state index in [2.05, 4.69) is 0 Å². The van der Waals surface area contributed by atoms with Gasteiger partial charge in [-0.25, -0.2) is 0 Å². The summed E-state index contributed by atoms with van der Waals surface area (Å²) >= 11 is 18.0. The van der Waals surface area contributed by atoms with Gasteiger partial charge in [-0.15, -0.1) is 0 Å². The number of allylic oxidation sites excluding steroid dienone is 1. The molecule has 1 aliphatic carbocycles. The van der Waals surface area contributed by atoms with Crippen molar-refractivity contribution in [3.05, 3.63) is 45.3 Å². The quantitative estimate of drug-likeness (QED) is 0.233. The Balaban J connectivity index is 1.64. The molecule has 1 saturated heterocycles. The van der Waals surface area contributed by atoms with E-state index in [9.17, 15) is 9.59 Å². The Kier molecular flexibility index (Phi) is 7.30. The number of rotatable bonds is 7. The number of thiocarbonyl (C=S) groups is 1. The first-order chi connectivity index (χ1) is 14.1. The number of hydrogen-bond acceptors (Lipinski definition) is 6. The Bertz CT molecular complexity index is 923. The number of benzene rings is 1. The van der Waals surface area contributed by atoms with Crippen molar-refractivity contribution in [2.75, 3.05) is 20.3 Å². The molecule has 5 nitrogen and oxygen atoms in total. The number of carbonyl (C=O) groups excluding carboxylic acids is 2. The summed E-state index contributed by atoms with van der Waals surface area (Å²) in [6.07, 6.45) is 3.45. The lowest BCUT2D eigenvalue weighted by Crippen LogP contribution is -2.31. The van der Waals surface area contributed by atoms with Crippen molar-refractivity contribution in [2.24, 2.45) is 17.3 Å². The standard InChI is InChI=1S/C21H21Cl2NO4S2/c1-21(2)14(11-16(22)23)17(21)19(26)28-13-6-4-12(5-7-13)10-15-18(25)24(8-9-27-3)20(29)30-15/h4-7,10-11,14,17H,8-9H2,1-3H3/b15-10-/t14-,17+/m0/s1. The van der Waals surface area contributed by atoms with Crippen molar-refractivity contribution in [1.82, 2.24) is 4.90 Å². The third-order valence-corrected chi connectivity index (χ3v) is 6.89. The van der Waals surface area contributed by atoms with Crippen LogP contribution in [0.15, 0.2) is 39.7 Å². The average Bonchev–Trinajstić information content (AvgIpc) is 3.10. The molecule has 0 N–H and O–H groups in total. The lowest BCUT2D eigenvalue weighted by atomic mass is 10.1. The molecule has 30 heavy (non-hydrogen) atoms. The first-order valence-electron chi connectivity index (χ1n) is 9.24. The molecule has 1 saturated carbocycles. The third kappa shape index (κ3) is 5.08. The minimum absolute atomic E-state index is 0.0469. The second-order valence-electron chi connectivity index (χ2n) is 7.60. The number of ether oxygens (including phenoxy) is 2. The van der Waals surface area contributed by atoms with E-state index in [1.165, 1.54) is 16.7 Å². The topological polar surface area (TPSA) is 55.8 Å². The van der Waals surface area contributed by atoms with E-state index < -0.39 is 0 Å². The van der Waals surface area contributed by atoms with Crippen LogP contribution in [0.5, 0.6) is 5.75 Å². The fraction of sp³-hybridized carbons (Fsp3) is 0.381. The molecule has 0 bridgehead atoms. The summed E-state index contributed by atoms with van der Waals surface area (Å²) < 4.78 is 11.2. The van der Waals surface area contributed by atoms with Crippen LogP contribution in [0.25, 0.3) is 6.08 Å². The van der Waals surface area contributed by atoms with Gasteiger partial charge in [0.25, 0.3) is 5.91 Å². The second kappa shape index (κ2) is 9.40. The molecule has 0 unspecified atom stereocenters. The van der Waals surface area contributed by atoms with E-state index in [-0.39, 0.29) is 33.6 Å². The van der Waals surface area contributed by atoms with E-state index in [0.29, 0.717) is 28.1 Å². The highest BCUT2D eigenvalue weighted by Crippen LogP contribution is 2.60. The van der Waals surface area contributed by atoms with E-state index >= 15 is 0 Å². The van der Waals surface area contributed by atoms with Crippen LogP contribution < -0.4 is 4.74 Å². The Hall–Kier alpha value is -1.38. The molecule has 2 fully saturated rings. The number of nitrogens with zero attached hydrogens (tertiary/aromatic N) is 1. The largest absolute Gasteiger partial charge is 0.426 e. The zero-order chi connectivity index (χ0) is 22.1. The van der Waals surface area contributed by atoms with Gasteiger partial charge in [0.05, 0.1) is 24.0 Å². The summed E-state index contributed by atoms with van der Waals surface area (Å²) in [5.74, 6) is -0.354. The maximum Gasteiger partial charge on any atom is 0.315 e. The lowest BCUT2D eigenvalue weighted by molar-refractivity contribution is -0.136. The molecule has 9 heteroatoms. The molecule has 1 aromatic carbocycles. The number of halogens is 2. The number of amides is 1. The first kappa shape index (κ1) is 23.3. The zero-order valence-electron chi connectivity index (χ0n) is 16.7. The Morgan fingerprint density at radius 2 is 1.97 bits per heavy atom. The van der Waals surface area contributed by atoms with Crippen molar-refractivity contribution in [2.45, 2.75) is 13.8 Å². The van der Waals surface area contributed by atoms with Gasteiger partial charge < -0.3 is 9.47 Å². The van der Waals surface area contributed by atoms with Crippen LogP contribution in [0.3, 0.4) is 0 Å². The summed E-state index contributed by atoms with van der Waals surface area (Å²) in [5, 5.41) is 0. The van der Waals surface area contributed by atoms with Crippen LogP contribution in [0.2, 0.25) is 0 Å². The maximum atomic E-state index is 12.5. The highest BCUT2D eigenvalue weighted by molar-refractivity contribution is 8.26. The van der Waals surface area contributed by atoms with Crippen LogP contribution in [0.1, 0.15) is 19.4 Å². The summed E-state index contributed by atoms with van der Waals surface area (Å²) in [7, 11) is 1.58. The summed E-state index contributed by atoms with van der Waals surface area (Å²) in [6, 6.07) is 6.97. The molecular formula is C21H21Cl2NO4S2. The predicted molar refractivity (Wildman–Crippen MR) is 124 cm³/mol. The molecule has 0 radical (unpaired) electrons. The van der Waals surface area contributed by atoms with Crippen molar-refractivity contribution >= 4 is 69.5 Å². The van der Waals surface area contributed by atoms with Gasteiger partial charge in [-0.1, -0.05) is 73.2 Å². The molecule has 1 amide bonds. The zero-order valence-corrected chi connectivity index (χ0v) is 19.8. The minimum Gasteiger partial charge on any atom is -0.426 e. The van der Waals surface area contributed by atoms with E-state index in [1.54, 1.807) is 43.5 Å². The van der Waals surface area contributed by atoms with Crippen LogP contribution in [-0.4, -0.2) is 41.4 Å². The van der Waals surface area contributed by atoms with Crippen molar-refractivity contribution in [3.8, 4) is 5.75 Å². The number of thioether (sulfide) groups is 1. The van der Waals surface area contributed by atoms with Gasteiger partial charge in [-0.3, -0.25) is 14.5 Å². The molecule has 0 aromatic heterocycles. The van der Waals surface area contributed by atoms with Gasteiger partial charge in [-0.05, 0) is 41.2 Å². The molecule has 1 aliphatic heterocycles. The van der Waals surface area contributed by atoms with Gasteiger partial charge in [-0.2, -0.15) is 0 Å². The molecule has 160 valence electrons. The predicted octanol–water partition coefficient (Wildman–Crippen LogP) is 5.03. The van der Waals surface area contributed by atoms with E-state index in [0.717, 1.165) is 5.56 Å². The van der Waals surface area contributed by atoms with Crippen molar-refractivity contribution in [3.63, 3.8) is 0 Å². The van der Waals surface area contributed by atoms with Crippen LogP contribution in [0.4, 0.5) is 0 Å². The monoisotopic (exact) mass is 485 g/mol. The normalized spacial score (nSPS) is 23.6. The second-order valence-corrected chi connectivity index (χ2v) is 10.3. The lowest BCUT2D eigenvalue weighted by Gasteiger charge is -2.12. The van der Waals surface area contributed by atoms with Gasteiger partial charge in [0.2, 0.25) is 0 Å². The molecule has 2 atom stereocenters. The Morgan fingerprint density at radius 1 is 1.30 bits per heavy atom. The summed E-state index contributed by atoms with van der Waals surface area (Å²) in [6.45, 7) is 4.80.